The van der Waals surface area contributed by atoms with Gasteiger partial charge in [-0.2, -0.15) is 0 Å². The zero-order valence-corrected chi connectivity index (χ0v) is 23.3. The minimum absolute atomic E-state index is 0.102. The number of hydrogen-bond acceptors (Lipinski definition) is 6. The predicted octanol–water partition coefficient (Wildman–Crippen LogP) is 4.28. The van der Waals surface area contributed by atoms with Crippen molar-refractivity contribution in [3.8, 4) is 5.75 Å². The van der Waals surface area contributed by atoms with Gasteiger partial charge in [-0.15, -0.1) is 0 Å². The Morgan fingerprint density at radius 3 is 2.76 bits per heavy atom. The highest BCUT2D eigenvalue weighted by molar-refractivity contribution is 6.35. The van der Waals surface area contributed by atoms with Gasteiger partial charge < -0.3 is 36.1 Å². The maximum atomic E-state index is 14.6. The number of rotatable bonds is 5. The van der Waals surface area contributed by atoms with Crippen molar-refractivity contribution in [3.05, 3.63) is 63.6 Å². The first-order valence-corrected chi connectivity index (χ1v) is 14.6. The van der Waals surface area contributed by atoms with Crippen LogP contribution in [0.2, 0.25) is 5.02 Å². The molecule has 9 nitrogen and oxygen atoms in total. The maximum absolute atomic E-state index is 14.6. The second kappa shape index (κ2) is 9.61. The van der Waals surface area contributed by atoms with Gasteiger partial charge in [0, 0.05) is 53.7 Å². The zero-order chi connectivity index (χ0) is 28.6. The average molecular weight is 582 g/mol. The summed E-state index contributed by atoms with van der Waals surface area (Å²) in [7, 11) is 0. The molecule has 3 aromatic rings. The van der Waals surface area contributed by atoms with E-state index in [2.05, 4.69) is 4.57 Å². The second-order valence-electron chi connectivity index (χ2n) is 12.0. The number of nitrogens with two attached hydrogens (primary N) is 3. The summed E-state index contributed by atoms with van der Waals surface area (Å²) in [5.41, 5.74) is 22.4. The lowest BCUT2D eigenvalue weighted by atomic mass is 9.77. The largest absolute Gasteiger partial charge is 0.493 e. The molecule has 0 spiro atoms. The summed E-state index contributed by atoms with van der Waals surface area (Å²) < 4.78 is 28.0. The Kier molecular flexibility index (Phi) is 6.22. The topological polar surface area (TPSA) is 139 Å². The van der Waals surface area contributed by atoms with Gasteiger partial charge in [0.2, 0.25) is 0 Å². The minimum Gasteiger partial charge on any atom is -0.493 e. The van der Waals surface area contributed by atoms with Crippen LogP contribution in [0.1, 0.15) is 71.2 Å². The Hall–Kier alpha value is -3.34. The average Bonchev–Trinajstić information content (AvgIpc) is 3.65. The third kappa shape index (κ3) is 4.26. The van der Waals surface area contributed by atoms with Crippen molar-refractivity contribution in [1.29, 1.82) is 0 Å². The van der Waals surface area contributed by atoms with Crippen molar-refractivity contribution in [1.82, 2.24) is 9.47 Å². The van der Waals surface area contributed by atoms with E-state index in [0.29, 0.717) is 61.7 Å². The van der Waals surface area contributed by atoms with E-state index in [1.807, 2.05) is 12.1 Å². The van der Waals surface area contributed by atoms with Crippen LogP contribution in [-0.4, -0.2) is 47.3 Å². The molecule has 0 radical (unpaired) electrons. The first kappa shape index (κ1) is 26.6. The molecule has 2 amide bonds. The SMILES string of the molecule is NC(=O)O[C@@H]1CCCN(C(=O)c2cc3c4c(c2)C(N)C(c2cc5ccc(F)c(Cl)c5n2CC2CC2)C4(N)CCO3)C1. The van der Waals surface area contributed by atoms with Crippen molar-refractivity contribution >= 4 is 34.5 Å². The summed E-state index contributed by atoms with van der Waals surface area (Å²) in [6, 6.07) is 8.24. The third-order valence-corrected chi connectivity index (χ3v) is 9.64. The quantitative estimate of drug-likeness (QED) is 0.411. The molecule has 1 aromatic heterocycles. The van der Waals surface area contributed by atoms with Gasteiger partial charge in [-0.3, -0.25) is 4.79 Å². The highest BCUT2D eigenvalue weighted by Crippen LogP contribution is 2.58. The van der Waals surface area contributed by atoms with Gasteiger partial charge in [-0.1, -0.05) is 11.6 Å². The highest BCUT2D eigenvalue weighted by Gasteiger charge is 2.54. The van der Waals surface area contributed by atoms with Gasteiger partial charge in [0.25, 0.3) is 5.91 Å². The first-order chi connectivity index (χ1) is 19.7. The van der Waals surface area contributed by atoms with E-state index in [4.69, 9.17) is 38.3 Å². The van der Waals surface area contributed by atoms with Crippen LogP contribution in [0.5, 0.6) is 5.75 Å². The fourth-order valence-corrected chi connectivity index (χ4v) is 7.51. The van der Waals surface area contributed by atoms with E-state index < -0.39 is 29.6 Å². The molecule has 3 unspecified atom stereocenters. The van der Waals surface area contributed by atoms with Crippen LogP contribution >= 0.6 is 11.6 Å². The van der Waals surface area contributed by atoms with Crippen LogP contribution in [0, 0.1) is 11.7 Å². The number of benzene rings is 2. The monoisotopic (exact) mass is 581 g/mol. The molecule has 2 aromatic carbocycles. The lowest BCUT2D eigenvalue weighted by molar-refractivity contribution is 0.0373. The lowest BCUT2D eigenvalue weighted by Crippen LogP contribution is -2.46. The number of primary amides is 1. The molecule has 2 fully saturated rings. The molecule has 7 rings (SSSR count). The van der Waals surface area contributed by atoms with E-state index >= 15 is 0 Å². The van der Waals surface area contributed by atoms with E-state index in [-0.39, 0.29) is 23.4 Å². The van der Waals surface area contributed by atoms with E-state index in [0.717, 1.165) is 35.0 Å². The summed E-state index contributed by atoms with van der Waals surface area (Å²) in [5.74, 6) is 0.0747. The number of hydrogen-bond donors (Lipinski definition) is 3. The number of nitrogens with zero attached hydrogens (tertiary/aromatic N) is 2. The molecule has 2 aliphatic carbocycles. The van der Waals surface area contributed by atoms with Gasteiger partial charge in [0.05, 0.1) is 24.2 Å². The number of piperidine rings is 1. The predicted molar refractivity (Wildman–Crippen MR) is 151 cm³/mol. The molecule has 1 saturated heterocycles. The molecule has 0 bridgehead atoms. The number of fused-ring (bicyclic) bond motifs is 1. The smallest absolute Gasteiger partial charge is 0.404 e. The van der Waals surface area contributed by atoms with Gasteiger partial charge in [-0.25, -0.2) is 9.18 Å². The standard InChI is InChI=1S/C30H33ClFN5O4/c31-25-20(32)6-5-16-11-21(37(27(16)25)13-15-3-4-15)24-26(33)19-10-17(12-22-23(19)30(24,35)7-9-40-22)28(38)36-8-1-2-18(14-36)41-29(34)39/h5-6,10-12,15,18,24,26H,1-4,7-9,13-14,33,35H2,(H2,34,39)/t18-,24?,26?,30?/m1/s1. The maximum Gasteiger partial charge on any atom is 0.404 e. The number of ether oxygens (including phenoxy) is 2. The number of likely N-dealkylation sites (tertiary alicyclic amines) is 1. The number of carbonyl (C=O) groups excluding carboxylic acids is 2. The summed E-state index contributed by atoms with van der Waals surface area (Å²) in [6.07, 6.45) is 2.83. The van der Waals surface area contributed by atoms with Crippen LogP contribution in [0.25, 0.3) is 10.9 Å². The molecule has 3 heterocycles. The first-order valence-electron chi connectivity index (χ1n) is 14.2. The Morgan fingerprint density at radius 1 is 1.20 bits per heavy atom. The Balaban J connectivity index is 1.30. The van der Waals surface area contributed by atoms with E-state index in [1.54, 1.807) is 17.0 Å². The normalized spacial score (nSPS) is 27.0. The molecule has 11 heteroatoms. The fourth-order valence-electron chi connectivity index (χ4n) is 7.24. The van der Waals surface area contributed by atoms with Gasteiger partial charge in [0.15, 0.2) is 0 Å². The van der Waals surface area contributed by atoms with Crippen molar-refractivity contribution in [2.24, 2.45) is 23.1 Å². The number of aromatic nitrogens is 1. The highest BCUT2D eigenvalue weighted by atomic mass is 35.5. The summed E-state index contributed by atoms with van der Waals surface area (Å²) >= 11 is 6.53. The fraction of sp³-hybridized carbons (Fsp3) is 0.467. The second-order valence-corrected chi connectivity index (χ2v) is 12.3. The van der Waals surface area contributed by atoms with Gasteiger partial charge in [-0.05, 0) is 67.5 Å². The Labute approximate surface area is 241 Å². The zero-order valence-electron chi connectivity index (χ0n) is 22.6. The van der Waals surface area contributed by atoms with Crippen LogP contribution in [0.15, 0.2) is 30.3 Å². The molecule has 4 atom stereocenters. The molecule has 41 heavy (non-hydrogen) atoms. The third-order valence-electron chi connectivity index (χ3n) is 9.28. The van der Waals surface area contributed by atoms with Crippen LogP contribution in [0.3, 0.4) is 0 Å². The van der Waals surface area contributed by atoms with Gasteiger partial charge >= 0.3 is 6.09 Å². The lowest BCUT2D eigenvalue weighted by Gasteiger charge is -2.38. The van der Waals surface area contributed by atoms with Crippen LogP contribution < -0.4 is 21.9 Å². The Bertz CT molecular complexity index is 1590. The van der Waals surface area contributed by atoms with E-state index in [9.17, 15) is 14.0 Å². The number of amides is 2. The van der Waals surface area contributed by atoms with Gasteiger partial charge in [0.1, 0.15) is 22.7 Å². The van der Waals surface area contributed by atoms with Crippen molar-refractivity contribution in [3.63, 3.8) is 0 Å². The Morgan fingerprint density at radius 2 is 2.00 bits per heavy atom. The molecule has 216 valence electrons. The summed E-state index contributed by atoms with van der Waals surface area (Å²) in [4.78, 5) is 26.6. The minimum atomic E-state index is -0.848. The van der Waals surface area contributed by atoms with Crippen LogP contribution in [-0.2, 0) is 16.8 Å². The molecular formula is C30H33ClFN5O4. The molecule has 1 saturated carbocycles. The van der Waals surface area contributed by atoms with Crippen molar-refractivity contribution in [2.45, 2.75) is 62.3 Å². The molecule has 4 aliphatic rings. The summed E-state index contributed by atoms with van der Waals surface area (Å²) in [5, 5.41) is 0.949. The van der Waals surface area contributed by atoms with Crippen molar-refractivity contribution < 1.29 is 23.5 Å². The van der Waals surface area contributed by atoms with E-state index in [1.165, 1.54) is 6.07 Å². The van der Waals surface area contributed by atoms with Crippen LogP contribution in [0.4, 0.5) is 9.18 Å². The van der Waals surface area contributed by atoms with Crippen molar-refractivity contribution in [2.75, 3.05) is 19.7 Å². The summed E-state index contributed by atoms with van der Waals surface area (Å²) in [6.45, 7) is 1.90. The molecule has 2 aliphatic heterocycles. The molecule has 6 N–H and O–H groups in total. The number of carbonyl (C=O) groups is 2. The number of halogens is 2. The molecular weight excluding hydrogens is 549 g/mol.